The number of hydrogen-bond acceptors (Lipinski definition) is 9. The van der Waals surface area contributed by atoms with Crippen molar-refractivity contribution in [2.75, 3.05) is 44.8 Å². The summed E-state index contributed by atoms with van der Waals surface area (Å²) in [5.74, 6) is -0.229. The molecule has 0 bridgehead atoms. The number of fused-ring (bicyclic) bond motifs is 1. The highest BCUT2D eigenvalue weighted by Crippen LogP contribution is 2.22. The number of piperazine rings is 1. The first-order valence-electron chi connectivity index (χ1n) is 13.9. The molecule has 1 N–H and O–H groups in total. The highest BCUT2D eigenvalue weighted by Gasteiger charge is 2.24. The van der Waals surface area contributed by atoms with Crippen LogP contribution in [0.1, 0.15) is 38.9 Å². The molecule has 1 saturated heterocycles. The second-order valence-electron chi connectivity index (χ2n) is 9.94. The molecule has 2 aromatic heterocycles. The third-order valence-corrected chi connectivity index (χ3v) is 7.23. The summed E-state index contributed by atoms with van der Waals surface area (Å²) in [6, 6.07) is 16.7. The molecule has 12 heteroatoms. The van der Waals surface area contributed by atoms with Crippen molar-refractivity contribution in [2.24, 2.45) is 0 Å². The molecule has 222 valence electrons. The fourth-order valence-corrected chi connectivity index (χ4v) is 4.87. The number of anilines is 1. The maximum absolute atomic E-state index is 13.1. The maximum Gasteiger partial charge on any atom is 0.409 e. The number of nitrogens with zero attached hydrogens (tertiary/aromatic N) is 5. The van der Waals surface area contributed by atoms with E-state index in [9.17, 15) is 19.2 Å². The summed E-state index contributed by atoms with van der Waals surface area (Å²) < 4.78 is 11.3. The monoisotopic (exact) mass is 584 g/mol. The molecule has 3 heterocycles. The molecular formula is C31H32N6O6. The van der Waals surface area contributed by atoms with Gasteiger partial charge in [0.25, 0.3) is 11.5 Å². The zero-order valence-corrected chi connectivity index (χ0v) is 24.2. The SMILES string of the molecule is CCOC(=O)N1CCN(c2nc(C)c3ccc(=O)n(-c4ccc(C(=O)NCc5ccc(C(=O)OC)cc5)cc4)c3n2)CC1. The van der Waals surface area contributed by atoms with E-state index in [1.165, 1.54) is 17.7 Å². The summed E-state index contributed by atoms with van der Waals surface area (Å²) in [5.41, 5.74) is 3.15. The van der Waals surface area contributed by atoms with E-state index < -0.39 is 5.97 Å². The summed E-state index contributed by atoms with van der Waals surface area (Å²) in [7, 11) is 1.32. The molecule has 0 spiro atoms. The lowest BCUT2D eigenvalue weighted by molar-refractivity contribution is 0.0600. The standard InChI is InChI=1S/C31H32N6O6/c1-4-43-31(41)36-17-15-35(16-18-36)30-33-20(2)25-13-14-26(38)37(27(25)34-30)24-11-9-22(10-12-24)28(39)32-19-21-5-7-23(8-6-21)29(40)42-3/h5-14H,4,15-19H2,1-3H3,(H,32,39). The lowest BCUT2D eigenvalue weighted by Gasteiger charge is -2.34. The summed E-state index contributed by atoms with van der Waals surface area (Å²) >= 11 is 0. The molecule has 0 radical (unpaired) electrons. The zero-order chi connectivity index (χ0) is 30.5. The molecular weight excluding hydrogens is 552 g/mol. The van der Waals surface area contributed by atoms with Gasteiger partial charge < -0.3 is 24.6 Å². The minimum absolute atomic E-state index is 0.267. The number of ether oxygens (including phenoxy) is 2. The van der Waals surface area contributed by atoms with Crippen molar-refractivity contribution in [2.45, 2.75) is 20.4 Å². The van der Waals surface area contributed by atoms with Gasteiger partial charge in [-0.15, -0.1) is 0 Å². The van der Waals surface area contributed by atoms with Crippen LogP contribution in [0.3, 0.4) is 0 Å². The number of carbonyl (C=O) groups is 3. The number of amides is 2. The number of nitrogens with one attached hydrogen (secondary N) is 1. The van der Waals surface area contributed by atoms with E-state index in [1.54, 1.807) is 66.4 Å². The van der Waals surface area contributed by atoms with E-state index in [-0.39, 0.29) is 24.1 Å². The van der Waals surface area contributed by atoms with Crippen molar-refractivity contribution >= 4 is 35.0 Å². The molecule has 1 aliphatic heterocycles. The van der Waals surface area contributed by atoms with Gasteiger partial charge in [-0.2, -0.15) is 4.98 Å². The molecule has 0 saturated carbocycles. The average Bonchev–Trinajstić information content (AvgIpc) is 3.03. The zero-order valence-electron chi connectivity index (χ0n) is 24.2. The predicted molar refractivity (Wildman–Crippen MR) is 160 cm³/mol. The lowest BCUT2D eigenvalue weighted by Crippen LogP contribution is -2.49. The normalized spacial score (nSPS) is 13.1. The molecule has 1 aliphatic rings. The molecule has 5 rings (SSSR count). The molecule has 0 atom stereocenters. The highest BCUT2D eigenvalue weighted by molar-refractivity contribution is 5.94. The van der Waals surface area contributed by atoms with Crippen LogP contribution in [0.4, 0.5) is 10.7 Å². The maximum atomic E-state index is 13.1. The Morgan fingerprint density at radius 1 is 0.884 bits per heavy atom. The van der Waals surface area contributed by atoms with Gasteiger partial charge in [0.15, 0.2) is 5.65 Å². The van der Waals surface area contributed by atoms with Crippen LogP contribution in [0.5, 0.6) is 0 Å². The van der Waals surface area contributed by atoms with Crippen molar-refractivity contribution in [1.29, 1.82) is 0 Å². The number of aryl methyl sites for hydroxylation is 1. The van der Waals surface area contributed by atoms with Gasteiger partial charge in [-0.05, 0) is 61.9 Å². The van der Waals surface area contributed by atoms with Crippen molar-refractivity contribution < 1.29 is 23.9 Å². The summed E-state index contributed by atoms with van der Waals surface area (Å²) in [6.07, 6.45) is -0.335. The van der Waals surface area contributed by atoms with Crippen LogP contribution >= 0.6 is 0 Å². The molecule has 2 aromatic carbocycles. The van der Waals surface area contributed by atoms with E-state index in [2.05, 4.69) is 10.3 Å². The summed E-state index contributed by atoms with van der Waals surface area (Å²) in [4.78, 5) is 62.7. The number of esters is 1. The Balaban J connectivity index is 1.34. The van der Waals surface area contributed by atoms with Gasteiger partial charge in [-0.25, -0.2) is 14.6 Å². The number of carbonyl (C=O) groups excluding carboxylic acids is 3. The van der Waals surface area contributed by atoms with Gasteiger partial charge in [-0.1, -0.05) is 12.1 Å². The van der Waals surface area contributed by atoms with Gasteiger partial charge in [0.2, 0.25) is 5.95 Å². The van der Waals surface area contributed by atoms with Gasteiger partial charge >= 0.3 is 12.1 Å². The Labute approximate surface area is 247 Å². The number of benzene rings is 2. The fraction of sp³-hybridized carbons (Fsp3) is 0.290. The number of aromatic nitrogens is 3. The van der Waals surface area contributed by atoms with Gasteiger partial charge in [0.05, 0.1) is 30.7 Å². The van der Waals surface area contributed by atoms with E-state index in [0.29, 0.717) is 61.2 Å². The van der Waals surface area contributed by atoms with E-state index in [0.717, 1.165) is 16.6 Å². The highest BCUT2D eigenvalue weighted by atomic mass is 16.6. The molecule has 43 heavy (non-hydrogen) atoms. The van der Waals surface area contributed by atoms with Crippen molar-refractivity contribution in [1.82, 2.24) is 24.8 Å². The largest absolute Gasteiger partial charge is 0.465 e. The Morgan fingerprint density at radius 3 is 2.21 bits per heavy atom. The molecule has 0 aliphatic carbocycles. The lowest BCUT2D eigenvalue weighted by atomic mass is 10.1. The number of pyridine rings is 1. The van der Waals surface area contributed by atoms with Gasteiger partial charge in [0.1, 0.15) is 0 Å². The third-order valence-electron chi connectivity index (χ3n) is 7.23. The fourth-order valence-electron chi connectivity index (χ4n) is 4.87. The second kappa shape index (κ2) is 12.7. The number of rotatable bonds is 7. The van der Waals surface area contributed by atoms with Crippen LogP contribution in [0.2, 0.25) is 0 Å². The van der Waals surface area contributed by atoms with E-state index in [4.69, 9.17) is 14.5 Å². The van der Waals surface area contributed by atoms with Crippen molar-refractivity contribution in [3.8, 4) is 5.69 Å². The summed E-state index contributed by atoms with van der Waals surface area (Å²) in [6.45, 7) is 6.25. The first-order chi connectivity index (χ1) is 20.8. The topological polar surface area (TPSA) is 136 Å². The predicted octanol–water partition coefficient (Wildman–Crippen LogP) is 3.08. The van der Waals surface area contributed by atoms with Crippen LogP contribution in [0.15, 0.2) is 65.5 Å². The first kappa shape index (κ1) is 29.2. The van der Waals surface area contributed by atoms with Crippen LogP contribution in [-0.4, -0.2) is 77.3 Å². The Hall–Kier alpha value is -5.26. The average molecular weight is 585 g/mol. The summed E-state index contributed by atoms with van der Waals surface area (Å²) in [5, 5.41) is 3.59. The van der Waals surface area contributed by atoms with Crippen LogP contribution < -0.4 is 15.8 Å². The molecule has 2 amide bonds. The van der Waals surface area contributed by atoms with Crippen LogP contribution in [0.25, 0.3) is 16.7 Å². The molecule has 1 fully saturated rings. The first-order valence-corrected chi connectivity index (χ1v) is 13.9. The van der Waals surface area contributed by atoms with Gasteiger partial charge in [0, 0.05) is 49.7 Å². The quantitative estimate of drug-likeness (QED) is 0.325. The Morgan fingerprint density at radius 2 is 1.56 bits per heavy atom. The minimum atomic E-state index is -0.423. The van der Waals surface area contributed by atoms with Crippen molar-refractivity contribution in [3.63, 3.8) is 0 Å². The minimum Gasteiger partial charge on any atom is -0.465 e. The Kier molecular flexibility index (Phi) is 8.65. The molecule has 12 nitrogen and oxygen atoms in total. The second-order valence-corrected chi connectivity index (χ2v) is 9.94. The van der Waals surface area contributed by atoms with Gasteiger partial charge in [-0.3, -0.25) is 14.2 Å². The molecule has 4 aromatic rings. The van der Waals surface area contributed by atoms with E-state index >= 15 is 0 Å². The van der Waals surface area contributed by atoms with Crippen LogP contribution in [-0.2, 0) is 16.0 Å². The molecule has 0 unspecified atom stereocenters. The van der Waals surface area contributed by atoms with Crippen molar-refractivity contribution in [3.05, 3.63) is 93.4 Å². The Bertz CT molecular complexity index is 1710. The van der Waals surface area contributed by atoms with E-state index in [1.807, 2.05) is 11.8 Å². The van der Waals surface area contributed by atoms with Crippen LogP contribution in [0, 0.1) is 6.92 Å². The number of methoxy groups -OCH3 is 1. The smallest absolute Gasteiger partial charge is 0.409 e. The third kappa shape index (κ3) is 6.32. The number of hydrogen-bond donors (Lipinski definition) is 1.